The van der Waals surface area contributed by atoms with E-state index in [-0.39, 0.29) is 12.4 Å². The van der Waals surface area contributed by atoms with Gasteiger partial charge in [0.2, 0.25) is 0 Å². The highest BCUT2D eigenvalue weighted by molar-refractivity contribution is 5.85. The maximum Gasteiger partial charge on any atom is 0.147 e. The van der Waals surface area contributed by atoms with Gasteiger partial charge in [0.25, 0.3) is 0 Å². The molecular weight excluding hydrogens is 200 g/mol. The molecule has 5 heteroatoms. The normalized spacial score (nSPS) is 20.4. The largest absolute Gasteiger partial charge is 0.310 e. The second-order valence-electron chi connectivity index (χ2n) is 3.98. The van der Waals surface area contributed by atoms with E-state index >= 15 is 0 Å². The van der Waals surface area contributed by atoms with Crippen molar-refractivity contribution in [2.45, 2.75) is 39.3 Å². The van der Waals surface area contributed by atoms with Crippen molar-refractivity contribution in [3.05, 3.63) is 11.6 Å². The Morgan fingerprint density at radius 2 is 2.14 bits per heavy atom. The molecule has 2 rings (SSSR count). The summed E-state index contributed by atoms with van der Waals surface area (Å²) in [6.45, 7) is 8.39. The van der Waals surface area contributed by atoms with Gasteiger partial charge in [-0.1, -0.05) is 13.8 Å². The predicted octanol–water partition coefficient (Wildman–Crippen LogP) is 1.49. The van der Waals surface area contributed by atoms with E-state index in [1.54, 1.807) is 0 Å². The van der Waals surface area contributed by atoms with Crippen LogP contribution in [-0.2, 0) is 6.54 Å². The lowest BCUT2D eigenvalue weighted by Gasteiger charge is -2.24. The molecule has 1 aliphatic rings. The van der Waals surface area contributed by atoms with Crippen molar-refractivity contribution in [1.82, 2.24) is 20.1 Å². The summed E-state index contributed by atoms with van der Waals surface area (Å²) in [6, 6.07) is 0.483. The highest BCUT2D eigenvalue weighted by Crippen LogP contribution is 2.20. The Hall–Kier alpha value is -0.610. The number of fused-ring (bicyclic) bond motifs is 1. The Bertz CT molecular complexity index is 308. The number of aromatic nitrogens is 3. The SMILES string of the molecule is CC(C)c1nnc2n1[C@@H](C)CNC2.Cl. The molecule has 0 radical (unpaired) electrons. The molecule has 1 aromatic rings. The lowest BCUT2D eigenvalue weighted by molar-refractivity contribution is 0.406. The van der Waals surface area contributed by atoms with Crippen molar-refractivity contribution in [3.63, 3.8) is 0 Å². The first-order valence-corrected chi connectivity index (χ1v) is 4.84. The van der Waals surface area contributed by atoms with Crippen molar-refractivity contribution in [2.75, 3.05) is 6.54 Å². The number of nitrogens with one attached hydrogen (secondary N) is 1. The van der Waals surface area contributed by atoms with Gasteiger partial charge in [0.1, 0.15) is 11.6 Å². The van der Waals surface area contributed by atoms with Crippen molar-refractivity contribution in [3.8, 4) is 0 Å². The molecule has 80 valence electrons. The summed E-state index contributed by atoms with van der Waals surface area (Å²) >= 11 is 0. The predicted molar refractivity (Wildman–Crippen MR) is 57.8 cm³/mol. The quantitative estimate of drug-likeness (QED) is 0.774. The third-order valence-corrected chi connectivity index (χ3v) is 2.47. The Labute approximate surface area is 90.5 Å². The number of hydrogen-bond acceptors (Lipinski definition) is 3. The van der Waals surface area contributed by atoms with Crippen LogP contribution in [0.5, 0.6) is 0 Å². The molecule has 1 N–H and O–H groups in total. The average Bonchev–Trinajstić information content (AvgIpc) is 2.49. The van der Waals surface area contributed by atoms with Crippen molar-refractivity contribution >= 4 is 12.4 Å². The fourth-order valence-electron chi connectivity index (χ4n) is 1.82. The van der Waals surface area contributed by atoms with Crippen LogP contribution in [0, 0.1) is 0 Å². The van der Waals surface area contributed by atoms with E-state index < -0.39 is 0 Å². The Balaban J connectivity index is 0.000000980. The van der Waals surface area contributed by atoms with E-state index in [1.165, 1.54) is 0 Å². The number of rotatable bonds is 1. The van der Waals surface area contributed by atoms with Gasteiger partial charge in [0, 0.05) is 18.5 Å². The first kappa shape index (κ1) is 11.5. The molecule has 0 aromatic carbocycles. The summed E-state index contributed by atoms with van der Waals surface area (Å²) in [7, 11) is 0. The molecule has 0 aliphatic carbocycles. The maximum atomic E-state index is 4.22. The topological polar surface area (TPSA) is 42.7 Å². The zero-order valence-corrected chi connectivity index (χ0v) is 9.64. The van der Waals surface area contributed by atoms with Gasteiger partial charge in [-0.15, -0.1) is 22.6 Å². The first-order chi connectivity index (χ1) is 6.20. The van der Waals surface area contributed by atoms with Gasteiger partial charge < -0.3 is 9.88 Å². The lowest BCUT2D eigenvalue weighted by Crippen LogP contribution is -2.32. The van der Waals surface area contributed by atoms with Crippen LogP contribution in [0.3, 0.4) is 0 Å². The van der Waals surface area contributed by atoms with Gasteiger partial charge >= 0.3 is 0 Å². The minimum atomic E-state index is 0. The standard InChI is InChI=1S/C9H16N4.ClH/c1-6(2)9-12-11-8-5-10-4-7(3)13(8)9;/h6-7,10H,4-5H2,1-3H3;1H/t7-;/m0./s1. The smallest absolute Gasteiger partial charge is 0.147 e. The van der Waals surface area contributed by atoms with Gasteiger partial charge in [-0.25, -0.2) is 0 Å². The van der Waals surface area contributed by atoms with E-state index in [4.69, 9.17) is 0 Å². The summed E-state index contributed by atoms with van der Waals surface area (Å²) < 4.78 is 2.27. The van der Waals surface area contributed by atoms with Crippen LogP contribution in [0.1, 0.15) is 44.4 Å². The van der Waals surface area contributed by atoms with Crippen LogP contribution in [0.4, 0.5) is 0 Å². The summed E-state index contributed by atoms with van der Waals surface area (Å²) in [5, 5.41) is 11.7. The molecule has 0 amide bonds. The molecule has 0 spiro atoms. The Kier molecular flexibility index (Phi) is 3.50. The van der Waals surface area contributed by atoms with Crippen LogP contribution >= 0.6 is 12.4 Å². The van der Waals surface area contributed by atoms with Crippen molar-refractivity contribution < 1.29 is 0 Å². The molecule has 0 saturated carbocycles. The van der Waals surface area contributed by atoms with Crippen LogP contribution in [0.2, 0.25) is 0 Å². The molecule has 0 bridgehead atoms. The average molecular weight is 217 g/mol. The van der Waals surface area contributed by atoms with E-state index in [9.17, 15) is 0 Å². The summed E-state index contributed by atoms with van der Waals surface area (Å²) in [4.78, 5) is 0. The molecule has 2 heterocycles. The molecule has 1 aromatic heterocycles. The second-order valence-corrected chi connectivity index (χ2v) is 3.98. The summed E-state index contributed by atoms with van der Waals surface area (Å²) in [6.07, 6.45) is 0. The highest BCUT2D eigenvalue weighted by Gasteiger charge is 2.22. The van der Waals surface area contributed by atoms with Crippen LogP contribution in [0.25, 0.3) is 0 Å². The molecular formula is C9H17ClN4. The Morgan fingerprint density at radius 3 is 2.79 bits per heavy atom. The fourth-order valence-corrected chi connectivity index (χ4v) is 1.82. The van der Waals surface area contributed by atoms with Gasteiger partial charge in [0.05, 0.1) is 6.54 Å². The molecule has 0 fully saturated rings. The summed E-state index contributed by atoms with van der Waals surface area (Å²) in [5.41, 5.74) is 0. The zero-order valence-electron chi connectivity index (χ0n) is 8.82. The molecule has 1 aliphatic heterocycles. The molecule has 4 nitrogen and oxygen atoms in total. The third kappa shape index (κ3) is 1.77. The van der Waals surface area contributed by atoms with Crippen molar-refractivity contribution in [2.24, 2.45) is 0 Å². The first-order valence-electron chi connectivity index (χ1n) is 4.84. The minimum absolute atomic E-state index is 0. The van der Waals surface area contributed by atoms with Crippen molar-refractivity contribution in [1.29, 1.82) is 0 Å². The van der Waals surface area contributed by atoms with Gasteiger partial charge in [-0.05, 0) is 6.92 Å². The second kappa shape index (κ2) is 4.28. The number of halogens is 1. The zero-order chi connectivity index (χ0) is 9.42. The van der Waals surface area contributed by atoms with E-state index in [2.05, 4.69) is 40.9 Å². The van der Waals surface area contributed by atoms with E-state index in [0.717, 1.165) is 24.7 Å². The molecule has 1 atom stereocenters. The molecule has 14 heavy (non-hydrogen) atoms. The number of hydrogen-bond donors (Lipinski definition) is 1. The van der Waals surface area contributed by atoms with Gasteiger partial charge in [-0.2, -0.15) is 0 Å². The fraction of sp³-hybridized carbons (Fsp3) is 0.778. The number of nitrogens with zero attached hydrogens (tertiary/aromatic N) is 3. The van der Waals surface area contributed by atoms with Crippen LogP contribution < -0.4 is 5.32 Å². The molecule has 0 unspecified atom stereocenters. The van der Waals surface area contributed by atoms with Gasteiger partial charge in [0.15, 0.2) is 0 Å². The Morgan fingerprint density at radius 1 is 1.43 bits per heavy atom. The van der Waals surface area contributed by atoms with Crippen LogP contribution in [0.15, 0.2) is 0 Å². The van der Waals surface area contributed by atoms with Gasteiger partial charge in [-0.3, -0.25) is 0 Å². The lowest BCUT2D eigenvalue weighted by atomic mass is 10.2. The monoisotopic (exact) mass is 216 g/mol. The highest BCUT2D eigenvalue weighted by atomic mass is 35.5. The van der Waals surface area contributed by atoms with Crippen LogP contribution in [-0.4, -0.2) is 21.3 Å². The van der Waals surface area contributed by atoms with E-state index in [1.807, 2.05) is 0 Å². The summed E-state index contributed by atoms with van der Waals surface area (Å²) in [5.74, 6) is 2.65. The maximum absolute atomic E-state index is 4.22. The third-order valence-electron chi connectivity index (χ3n) is 2.47. The van der Waals surface area contributed by atoms with E-state index in [0.29, 0.717) is 12.0 Å². The minimum Gasteiger partial charge on any atom is -0.310 e. The molecule has 0 saturated heterocycles.